The van der Waals surface area contributed by atoms with Gasteiger partial charge in [0, 0.05) is 17.3 Å². The predicted octanol–water partition coefficient (Wildman–Crippen LogP) is 2.72. The number of hydrogen-bond donors (Lipinski definition) is 4. The molecule has 1 saturated heterocycles. The van der Waals surface area contributed by atoms with E-state index < -0.39 is 47.6 Å². The molecule has 4 fully saturated rings. The third kappa shape index (κ3) is 5.02. The van der Waals surface area contributed by atoms with Crippen molar-refractivity contribution in [3.63, 3.8) is 0 Å². The highest BCUT2D eigenvalue weighted by Crippen LogP contribution is 2.64. The maximum atomic E-state index is 13.8. The van der Waals surface area contributed by atoms with Crippen molar-refractivity contribution in [2.75, 3.05) is 26.4 Å². The Hall–Kier alpha value is -2.01. The molecular weight excluding hydrogens is 506 g/mol. The van der Waals surface area contributed by atoms with E-state index in [0.29, 0.717) is 25.6 Å². The average molecular weight is 550 g/mol. The molecule has 5 rings (SSSR count). The number of aliphatic hydroxyl groups excluding tert-OH is 1. The van der Waals surface area contributed by atoms with Gasteiger partial charge in [0.05, 0.1) is 44.5 Å². The van der Waals surface area contributed by atoms with Gasteiger partial charge in [0.15, 0.2) is 5.78 Å². The third-order valence-corrected chi connectivity index (χ3v) is 10.4. The molecule has 0 spiro atoms. The van der Waals surface area contributed by atoms with Gasteiger partial charge in [0.2, 0.25) is 0 Å². The van der Waals surface area contributed by atoms with Gasteiger partial charge in [-0.3, -0.25) is 9.59 Å². The summed E-state index contributed by atoms with van der Waals surface area (Å²) >= 11 is 0. The van der Waals surface area contributed by atoms with Crippen molar-refractivity contribution < 1.29 is 43.9 Å². The zero-order valence-corrected chi connectivity index (χ0v) is 22.9. The summed E-state index contributed by atoms with van der Waals surface area (Å²) in [6, 6.07) is -0.592. The Bertz CT molecular complexity index is 997. The molecule has 1 aliphatic heterocycles. The SMILES string of the molecule is CC(C)CC1CCC2C3CCC4C5COC[C@]4(C[C@@H](OC(=O)O)[C@@H]5OCC(N)CO)C3=CC(=O)C2[C@@H]1C(=O)O. The molecule has 2 bridgehead atoms. The summed E-state index contributed by atoms with van der Waals surface area (Å²) < 4.78 is 17.7. The van der Waals surface area contributed by atoms with E-state index in [1.165, 1.54) is 0 Å². The topological polar surface area (TPSA) is 166 Å². The number of ketones is 1. The average Bonchev–Trinajstić information content (AvgIpc) is 2.87. The maximum absolute atomic E-state index is 13.8. The number of aliphatic hydroxyl groups is 1. The zero-order chi connectivity index (χ0) is 28.1. The molecule has 5 N–H and O–H groups in total. The lowest BCUT2D eigenvalue weighted by atomic mass is 9.45. The molecule has 218 valence electrons. The van der Waals surface area contributed by atoms with Crippen LogP contribution in [0.5, 0.6) is 0 Å². The van der Waals surface area contributed by atoms with Crippen molar-refractivity contribution in [3.8, 4) is 0 Å². The molecule has 10 nitrogen and oxygen atoms in total. The van der Waals surface area contributed by atoms with Gasteiger partial charge in [-0.2, -0.15) is 0 Å². The summed E-state index contributed by atoms with van der Waals surface area (Å²) in [6.07, 6.45) is 3.49. The Kier molecular flexibility index (Phi) is 8.12. The summed E-state index contributed by atoms with van der Waals surface area (Å²) in [5, 5.41) is 29.2. The fraction of sp³-hybridized carbons (Fsp3) is 0.828. The number of allylic oxidation sites excluding steroid dienone is 1. The standard InChI is InChI=1S/C29H43NO9/c1-14(2)7-15-3-4-18-17-5-6-20-19-12-37-13-29(20,21(17)8-22(32)25(18)24(15)27(33)34)9-23(39-28(35)36)26(19)38-11-16(30)10-31/h8,14-20,23-26,31H,3-7,9-13,30H2,1-2H3,(H,33,34)(H,35,36)/t15?,16?,17?,18?,19?,20?,23-,24-,25?,26-,29+/m1/s1. The van der Waals surface area contributed by atoms with E-state index in [4.69, 9.17) is 19.9 Å². The summed E-state index contributed by atoms with van der Waals surface area (Å²) in [6.45, 7) is 4.78. The normalized spacial score (nSPS) is 42.0. The molecule has 1 heterocycles. The lowest BCUT2D eigenvalue weighted by Crippen LogP contribution is -2.64. The molecular formula is C29H43NO9. The molecule has 5 aliphatic rings. The molecule has 7 unspecified atom stereocenters. The first-order valence-electron chi connectivity index (χ1n) is 14.5. The van der Waals surface area contributed by atoms with Crippen LogP contribution in [0.2, 0.25) is 0 Å². The number of aliphatic carboxylic acids is 1. The first-order chi connectivity index (χ1) is 18.6. The van der Waals surface area contributed by atoms with E-state index in [9.17, 15) is 29.7 Å². The first-order valence-corrected chi connectivity index (χ1v) is 14.5. The van der Waals surface area contributed by atoms with Gasteiger partial charge in [-0.1, -0.05) is 19.4 Å². The van der Waals surface area contributed by atoms with Crippen LogP contribution in [0.15, 0.2) is 11.6 Å². The van der Waals surface area contributed by atoms with Crippen LogP contribution in [0.4, 0.5) is 4.79 Å². The fourth-order valence-electron chi connectivity index (χ4n) is 9.18. The molecule has 3 saturated carbocycles. The first kappa shape index (κ1) is 28.5. The smallest absolute Gasteiger partial charge is 0.481 e. The largest absolute Gasteiger partial charge is 0.506 e. The number of carboxylic acid groups (broad SMARTS) is 2. The van der Waals surface area contributed by atoms with Gasteiger partial charge in [0.25, 0.3) is 0 Å². The Morgan fingerprint density at radius 2 is 1.95 bits per heavy atom. The van der Waals surface area contributed by atoms with Gasteiger partial charge in [-0.15, -0.1) is 0 Å². The second kappa shape index (κ2) is 11.1. The number of carbonyl (C=O) groups is 3. The van der Waals surface area contributed by atoms with E-state index in [0.717, 1.165) is 37.7 Å². The van der Waals surface area contributed by atoms with Crippen LogP contribution >= 0.6 is 0 Å². The molecule has 10 heteroatoms. The van der Waals surface area contributed by atoms with Crippen LogP contribution in [-0.2, 0) is 23.8 Å². The highest BCUT2D eigenvalue weighted by atomic mass is 16.7. The Labute approximate surface area is 229 Å². The van der Waals surface area contributed by atoms with E-state index in [1.54, 1.807) is 6.08 Å². The molecule has 0 aromatic carbocycles. The fourth-order valence-corrected chi connectivity index (χ4v) is 9.18. The van der Waals surface area contributed by atoms with Crippen LogP contribution in [0.3, 0.4) is 0 Å². The summed E-state index contributed by atoms with van der Waals surface area (Å²) in [4.78, 5) is 38.1. The number of fused-ring (bicyclic) bond motifs is 3. The van der Waals surface area contributed by atoms with Crippen LogP contribution < -0.4 is 5.73 Å². The van der Waals surface area contributed by atoms with Crippen LogP contribution in [0.25, 0.3) is 0 Å². The molecule has 39 heavy (non-hydrogen) atoms. The predicted molar refractivity (Wildman–Crippen MR) is 139 cm³/mol. The van der Waals surface area contributed by atoms with E-state index in [2.05, 4.69) is 13.8 Å². The summed E-state index contributed by atoms with van der Waals surface area (Å²) in [7, 11) is 0. The second-order valence-electron chi connectivity index (χ2n) is 13.0. The minimum atomic E-state index is -1.39. The van der Waals surface area contributed by atoms with Crippen molar-refractivity contribution in [1.29, 1.82) is 0 Å². The molecule has 0 radical (unpaired) electrons. The third-order valence-electron chi connectivity index (χ3n) is 10.4. The van der Waals surface area contributed by atoms with Crippen molar-refractivity contribution >= 4 is 17.9 Å². The van der Waals surface area contributed by atoms with Crippen molar-refractivity contribution in [2.45, 2.75) is 70.6 Å². The summed E-state index contributed by atoms with van der Waals surface area (Å²) in [5.74, 6) is -1.81. The highest BCUT2D eigenvalue weighted by Gasteiger charge is 2.64. The molecule has 0 aromatic heterocycles. The number of hydrogen-bond acceptors (Lipinski definition) is 8. The van der Waals surface area contributed by atoms with Gasteiger partial charge < -0.3 is 35.3 Å². The number of carboxylic acids is 1. The van der Waals surface area contributed by atoms with Gasteiger partial charge in [-0.25, -0.2) is 4.79 Å². The van der Waals surface area contributed by atoms with Crippen molar-refractivity contribution in [1.82, 2.24) is 0 Å². The highest BCUT2D eigenvalue weighted by molar-refractivity contribution is 5.97. The van der Waals surface area contributed by atoms with Crippen molar-refractivity contribution in [2.24, 2.45) is 58.5 Å². The minimum Gasteiger partial charge on any atom is -0.481 e. The Morgan fingerprint density at radius 3 is 2.62 bits per heavy atom. The van der Waals surface area contributed by atoms with E-state index >= 15 is 0 Å². The number of carbonyl (C=O) groups excluding carboxylic acids is 1. The number of ether oxygens (including phenoxy) is 3. The van der Waals surface area contributed by atoms with Gasteiger partial charge in [-0.05, 0) is 74.2 Å². The number of rotatable bonds is 8. The quantitative estimate of drug-likeness (QED) is 0.331. The lowest BCUT2D eigenvalue weighted by Gasteiger charge is -2.62. The summed E-state index contributed by atoms with van der Waals surface area (Å²) in [5.41, 5.74) is 6.33. The van der Waals surface area contributed by atoms with E-state index in [1.807, 2.05) is 0 Å². The Morgan fingerprint density at radius 1 is 1.18 bits per heavy atom. The van der Waals surface area contributed by atoms with Gasteiger partial charge in [0.1, 0.15) is 6.10 Å². The van der Waals surface area contributed by atoms with Crippen molar-refractivity contribution in [3.05, 3.63) is 11.6 Å². The minimum absolute atomic E-state index is 0.00854. The molecule has 0 aromatic rings. The molecule has 4 aliphatic carbocycles. The van der Waals surface area contributed by atoms with Crippen LogP contribution in [-0.4, -0.2) is 77.9 Å². The van der Waals surface area contributed by atoms with Crippen LogP contribution in [0.1, 0.15) is 52.4 Å². The molecule has 11 atom stereocenters. The van der Waals surface area contributed by atoms with E-state index in [-0.39, 0.29) is 48.6 Å². The Balaban J connectivity index is 1.49. The van der Waals surface area contributed by atoms with Gasteiger partial charge >= 0.3 is 12.1 Å². The molecule has 0 amide bonds. The van der Waals surface area contributed by atoms with Crippen LogP contribution in [0, 0.1) is 52.8 Å². The maximum Gasteiger partial charge on any atom is 0.506 e. The lowest BCUT2D eigenvalue weighted by molar-refractivity contribution is -0.218. The monoisotopic (exact) mass is 549 g/mol. The second-order valence-corrected chi connectivity index (χ2v) is 13.0. The number of nitrogens with two attached hydrogens (primary N) is 1. The zero-order valence-electron chi connectivity index (χ0n) is 22.9.